The van der Waals surface area contributed by atoms with Gasteiger partial charge in [0.25, 0.3) is 0 Å². The molecule has 0 aromatic carbocycles. The number of carbonyl (C=O) groups is 1. The molecule has 1 aliphatic carbocycles. The molecule has 1 aromatic rings. The number of amides is 2. The van der Waals surface area contributed by atoms with Crippen molar-refractivity contribution in [1.29, 1.82) is 0 Å². The molecule has 11 heteroatoms. The Balaban J connectivity index is 1.51. The number of hydrogen-bond acceptors (Lipinski definition) is 7. The maximum absolute atomic E-state index is 12.4. The fourth-order valence-electron chi connectivity index (χ4n) is 3.69. The number of urea groups is 1. The summed E-state index contributed by atoms with van der Waals surface area (Å²) < 4.78 is 40.4. The molecular weight excluding hydrogens is 340 g/mol. The Labute approximate surface area is 138 Å². The van der Waals surface area contributed by atoms with Crippen molar-refractivity contribution in [2.24, 2.45) is 5.73 Å². The standard InChI is InChI=1S/C13H18N4O6S/c14-8-3-7(4-8)12-5-10(15-22-12)11-2-1-9-6-16(11)13(18)17(9)23-24(19,20)21/h5,7-9,11H,1-4,6,14H2,(H,19,20,21)/t7?,8?,9-,11+/m1/s1. The topological polar surface area (TPSA) is 139 Å². The lowest BCUT2D eigenvalue weighted by atomic mass is 9.79. The molecule has 0 radical (unpaired) electrons. The van der Waals surface area contributed by atoms with E-state index in [1.807, 2.05) is 6.07 Å². The lowest BCUT2D eigenvalue weighted by Gasteiger charge is -2.30. The summed E-state index contributed by atoms with van der Waals surface area (Å²) in [4.78, 5) is 13.9. The van der Waals surface area contributed by atoms with Crippen LogP contribution in [0.5, 0.6) is 0 Å². The van der Waals surface area contributed by atoms with Gasteiger partial charge >= 0.3 is 16.4 Å². The van der Waals surface area contributed by atoms with Gasteiger partial charge in [-0.1, -0.05) is 5.16 Å². The Bertz CT molecular complexity index is 758. The van der Waals surface area contributed by atoms with Crippen LogP contribution in [0.1, 0.15) is 49.1 Å². The van der Waals surface area contributed by atoms with Gasteiger partial charge in [-0.3, -0.25) is 4.55 Å². The molecule has 4 rings (SSSR count). The van der Waals surface area contributed by atoms with E-state index in [0.29, 0.717) is 25.1 Å². The van der Waals surface area contributed by atoms with E-state index in [9.17, 15) is 13.2 Å². The largest absolute Gasteiger partial charge is 0.418 e. The molecule has 24 heavy (non-hydrogen) atoms. The summed E-state index contributed by atoms with van der Waals surface area (Å²) in [6, 6.07) is 0.739. The van der Waals surface area contributed by atoms with Gasteiger partial charge in [-0.2, -0.15) is 13.5 Å². The molecule has 0 unspecified atom stereocenters. The Kier molecular flexibility index (Phi) is 3.56. The highest BCUT2D eigenvalue weighted by Gasteiger charge is 2.48. The van der Waals surface area contributed by atoms with Crippen LogP contribution in [-0.2, 0) is 14.7 Å². The molecule has 2 saturated heterocycles. The minimum atomic E-state index is -4.74. The van der Waals surface area contributed by atoms with Gasteiger partial charge < -0.3 is 15.2 Å². The van der Waals surface area contributed by atoms with Crippen LogP contribution in [0.4, 0.5) is 4.79 Å². The zero-order valence-electron chi connectivity index (χ0n) is 12.7. The molecule has 3 N–H and O–H groups in total. The van der Waals surface area contributed by atoms with Crippen LogP contribution in [-0.4, -0.2) is 52.7 Å². The second kappa shape index (κ2) is 5.41. The van der Waals surface area contributed by atoms with Crippen molar-refractivity contribution in [3.8, 4) is 0 Å². The van der Waals surface area contributed by atoms with E-state index >= 15 is 0 Å². The average Bonchev–Trinajstić information content (AvgIpc) is 3.04. The van der Waals surface area contributed by atoms with Gasteiger partial charge in [0.05, 0.1) is 12.1 Å². The smallest absolute Gasteiger partial charge is 0.361 e. The highest BCUT2D eigenvalue weighted by molar-refractivity contribution is 7.80. The van der Waals surface area contributed by atoms with Crippen LogP contribution in [0, 0.1) is 0 Å². The van der Waals surface area contributed by atoms with Gasteiger partial charge in [0, 0.05) is 24.6 Å². The summed E-state index contributed by atoms with van der Waals surface area (Å²) >= 11 is 0. The van der Waals surface area contributed by atoms with Crippen LogP contribution in [0.25, 0.3) is 0 Å². The van der Waals surface area contributed by atoms with Crippen molar-refractivity contribution in [2.45, 2.75) is 49.7 Å². The van der Waals surface area contributed by atoms with Crippen LogP contribution < -0.4 is 5.73 Å². The summed E-state index contributed by atoms with van der Waals surface area (Å²) in [5.41, 5.74) is 6.43. The predicted octanol–water partition coefficient (Wildman–Crippen LogP) is 0.555. The Morgan fingerprint density at radius 2 is 2.12 bits per heavy atom. The molecule has 3 fully saturated rings. The highest BCUT2D eigenvalue weighted by atomic mass is 32.3. The molecule has 2 atom stereocenters. The maximum Gasteiger partial charge on any atom is 0.418 e. The lowest BCUT2D eigenvalue weighted by molar-refractivity contribution is -0.0317. The Morgan fingerprint density at radius 1 is 1.38 bits per heavy atom. The fraction of sp³-hybridized carbons (Fsp3) is 0.692. The maximum atomic E-state index is 12.4. The summed E-state index contributed by atoms with van der Waals surface area (Å²) in [5.74, 6) is 1.04. The van der Waals surface area contributed by atoms with E-state index in [1.54, 1.807) is 0 Å². The second-order valence-corrected chi connectivity index (χ2v) is 7.60. The highest BCUT2D eigenvalue weighted by Crippen LogP contribution is 2.41. The molecule has 3 heterocycles. The number of aromatic nitrogens is 1. The first-order valence-electron chi connectivity index (χ1n) is 7.81. The zero-order chi connectivity index (χ0) is 17.1. The molecule has 132 valence electrons. The van der Waals surface area contributed by atoms with Crippen molar-refractivity contribution in [3.63, 3.8) is 0 Å². The second-order valence-electron chi connectivity index (χ2n) is 6.59. The summed E-state index contributed by atoms with van der Waals surface area (Å²) in [7, 11) is -4.74. The summed E-state index contributed by atoms with van der Waals surface area (Å²) in [6.07, 6.45) is 2.87. The summed E-state index contributed by atoms with van der Waals surface area (Å²) in [5, 5.41) is 4.81. The van der Waals surface area contributed by atoms with Crippen LogP contribution in [0.2, 0.25) is 0 Å². The Hall–Kier alpha value is -1.69. The number of hydroxylamine groups is 2. The number of fused-ring (bicyclic) bond motifs is 2. The van der Waals surface area contributed by atoms with E-state index in [-0.39, 0.29) is 18.0 Å². The number of nitrogens with two attached hydrogens (primary N) is 1. The monoisotopic (exact) mass is 358 g/mol. The van der Waals surface area contributed by atoms with E-state index in [2.05, 4.69) is 9.44 Å². The predicted molar refractivity (Wildman–Crippen MR) is 78.8 cm³/mol. The first-order valence-corrected chi connectivity index (χ1v) is 9.17. The SMILES string of the molecule is NC1CC(c2cc([C@@H]3CC[C@@H]4CN3C(=O)N4OS(=O)(=O)O)no2)C1. The molecule has 0 spiro atoms. The number of carbonyl (C=O) groups excluding carboxylic acids is 1. The van der Waals surface area contributed by atoms with Crippen molar-refractivity contribution >= 4 is 16.4 Å². The average molecular weight is 358 g/mol. The van der Waals surface area contributed by atoms with Crippen LogP contribution >= 0.6 is 0 Å². The fourth-order valence-corrected chi connectivity index (χ4v) is 4.07. The van der Waals surface area contributed by atoms with Crippen molar-refractivity contribution < 1.29 is 26.6 Å². The number of piperidine rings is 1. The van der Waals surface area contributed by atoms with Crippen molar-refractivity contribution in [2.75, 3.05) is 6.54 Å². The van der Waals surface area contributed by atoms with Gasteiger partial charge in [0.1, 0.15) is 11.5 Å². The Morgan fingerprint density at radius 3 is 2.79 bits per heavy atom. The zero-order valence-corrected chi connectivity index (χ0v) is 13.6. The molecular formula is C13H18N4O6S. The minimum absolute atomic E-state index is 0.199. The number of nitrogens with zero attached hydrogens (tertiary/aromatic N) is 3. The van der Waals surface area contributed by atoms with Gasteiger partial charge in [-0.25, -0.2) is 4.79 Å². The molecule has 3 aliphatic rings. The lowest BCUT2D eigenvalue weighted by Crippen LogP contribution is -2.35. The first-order chi connectivity index (χ1) is 11.3. The van der Waals surface area contributed by atoms with E-state index in [4.69, 9.17) is 14.8 Å². The minimum Gasteiger partial charge on any atom is -0.361 e. The van der Waals surface area contributed by atoms with Gasteiger partial charge in [-0.15, -0.1) is 4.28 Å². The molecule has 1 aromatic heterocycles. The quantitative estimate of drug-likeness (QED) is 0.744. The van der Waals surface area contributed by atoms with Gasteiger partial charge in [-0.05, 0) is 25.7 Å². The molecule has 10 nitrogen and oxygen atoms in total. The van der Waals surface area contributed by atoms with Crippen LogP contribution in [0.15, 0.2) is 10.6 Å². The molecule has 2 aliphatic heterocycles. The third-order valence-corrected chi connectivity index (χ3v) is 5.31. The van der Waals surface area contributed by atoms with E-state index in [0.717, 1.165) is 23.7 Å². The number of hydrogen-bond donors (Lipinski definition) is 2. The van der Waals surface area contributed by atoms with E-state index < -0.39 is 22.5 Å². The van der Waals surface area contributed by atoms with Gasteiger partial charge in [0.15, 0.2) is 0 Å². The first kappa shape index (κ1) is 15.8. The molecule has 1 saturated carbocycles. The third-order valence-electron chi connectivity index (χ3n) is 4.96. The molecule has 2 amide bonds. The molecule has 2 bridgehead atoms. The van der Waals surface area contributed by atoms with E-state index in [1.165, 1.54) is 4.90 Å². The van der Waals surface area contributed by atoms with Crippen molar-refractivity contribution in [3.05, 3.63) is 17.5 Å². The van der Waals surface area contributed by atoms with Crippen LogP contribution in [0.3, 0.4) is 0 Å². The van der Waals surface area contributed by atoms with Gasteiger partial charge in [0.2, 0.25) is 0 Å². The third kappa shape index (κ3) is 2.66. The summed E-state index contributed by atoms with van der Waals surface area (Å²) in [6.45, 7) is 0.315. The number of rotatable bonds is 4. The normalized spacial score (nSPS) is 33.0. The van der Waals surface area contributed by atoms with Crippen molar-refractivity contribution in [1.82, 2.24) is 15.1 Å².